The number of carbonyl (C=O) groups excluding carboxylic acids is 1. The highest BCUT2D eigenvalue weighted by Crippen LogP contribution is 2.08. The molecule has 0 rings (SSSR count). The number of nitrogens with one attached hydrogen (secondary N) is 1. The van der Waals surface area contributed by atoms with Gasteiger partial charge in [0.15, 0.2) is 0 Å². The van der Waals surface area contributed by atoms with Gasteiger partial charge in [-0.15, -0.1) is 0 Å². The molecule has 1 amide bonds. The Morgan fingerprint density at radius 3 is 2.50 bits per heavy atom. The molecular weight excluding hydrogens is 150 g/mol. The average molecular weight is 160 g/mol. The van der Waals surface area contributed by atoms with Gasteiger partial charge in [0, 0.05) is 17.7 Å². The standard InChI is InChI=1S/C7H10ClNO/c1-4-6(8)5(2)7(10)9-3/h4H,1H2,2-3H3,(H,9,10)/b6-5-. The van der Waals surface area contributed by atoms with E-state index in [2.05, 4.69) is 11.9 Å². The van der Waals surface area contributed by atoms with Gasteiger partial charge >= 0.3 is 0 Å². The van der Waals surface area contributed by atoms with Crippen LogP contribution in [0.2, 0.25) is 0 Å². The van der Waals surface area contributed by atoms with E-state index in [0.717, 1.165) is 0 Å². The number of likely N-dealkylation sites (N-methyl/N-ethyl adjacent to an activating group) is 1. The van der Waals surface area contributed by atoms with E-state index in [9.17, 15) is 4.79 Å². The van der Waals surface area contributed by atoms with Crippen LogP contribution >= 0.6 is 11.6 Å². The fourth-order valence-corrected chi connectivity index (χ4v) is 0.535. The zero-order valence-corrected chi connectivity index (χ0v) is 6.83. The first kappa shape index (κ1) is 9.24. The molecule has 0 radical (unpaired) electrons. The maximum Gasteiger partial charge on any atom is 0.248 e. The second-order valence-electron chi connectivity index (χ2n) is 1.76. The Morgan fingerprint density at radius 1 is 1.70 bits per heavy atom. The molecule has 0 aromatic carbocycles. The summed E-state index contributed by atoms with van der Waals surface area (Å²) in [6.07, 6.45) is 1.44. The summed E-state index contributed by atoms with van der Waals surface area (Å²) in [5.41, 5.74) is 0.485. The van der Waals surface area contributed by atoms with Crippen LogP contribution in [-0.4, -0.2) is 13.0 Å². The van der Waals surface area contributed by atoms with Gasteiger partial charge in [-0.1, -0.05) is 24.3 Å². The van der Waals surface area contributed by atoms with Crippen LogP contribution in [0.4, 0.5) is 0 Å². The molecule has 0 aromatic heterocycles. The van der Waals surface area contributed by atoms with Crippen molar-refractivity contribution >= 4 is 17.5 Å². The Morgan fingerprint density at radius 2 is 2.20 bits per heavy atom. The molecule has 0 aliphatic carbocycles. The second kappa shape index (κ2) is 4.12. The van der Waals surface area contributed by atoms with Crippen molar-refractivity contribution in [2.24, 2.45) is 0 Å². The lowest BCUT2D eigenvalue weighted by Gasteiger charge is -1.98. The number of halogens is 1. The highest BCUT2D eigenvalue weighted by Gasteiger charge is 2.03. The molecule has 10 heavy (non-hydrogen) atoms. The fourth-order valence-electron chi connectivity index (χ4n) is 0.449. The monoisotopic (exact) mass is 159 g/mol. The van der Waals surface area contributed by atoms with E-state index in [1.165, 1.54) is 6.08 Å². The normalized spacial score (nSPS) is 11.9. The first-order valence-electron chi connectivity index (χ1n) is 2.84. The van der Waals surface area contributed by atoms with E-state index in [0.29, 0.717) is 10.6 Å². The molecule has 2 nitrogen and oxygen atoms in total. The van der Waals surface area contributed by atoms with Gasteiger partial charge in [0.1, 0.15) is 0 Å². The molecule has 0 unspecified atom stereocenters. The van der Waals surface area contributed by atoms with Gasteiger partial charge in [-0.05, 0) is 6.92 Å². The van der Waals surface area contributed by atoms with Crippen molar-refractivity contribution in [3.63, 3.8) is 0 Å². The Hall–Kier alpha value is -0.760. The Bertz CT molecular complexity index is 184. The molecule has 0 aromatic rings. The van der Waals surface area contributed by atoms with E-state index < -0.39 is 0 Å². The Kier molecular flexibility index (Phi) is 3.81. The minimum Gasteiger partial charge on any atom is -0.355 e. The lowest BCUT2D eigenvalue weighted by Crippen LogP contribution is -2.18. The van der Waals surface area contributed by atoms with E-state index in [-0.39, 0.29) is 5.91 Å². The molecular formula is C7H10ClNO. The van der Waals surface area contributed by atoms with Crippen LogP contribution in [0.5, 0.6) is 0 Å². The molecule has 0 saturated heterocycles. The van der Waals surface area contributed by atoms with Crippen LogP contribution < -0.4 is 5.32 Å². The molecule has 0 aliphatic rings. The Labute approximate surface area is 65.6 Å². The summed E-state index contributed by atoms with van der Waals surface area (Å²) < 4.78 is 0. The van der Waals surface area contributed by atoms with E-state index in [4.69, 9.17) is 11.6 Å². The van der Waals surface area contributed by atoms with Crippen molar-refractivity contribution in [2.45, 2.75) is 6.92 Å². The van der Waals surface area contributed by atoms with Crippen molar-refractivity contribution in [1.29, 1.82) is 0 Å². The van der Waals surface area contributed by atoms with E-state index in [1.54, 1.807) is 14.0 Å². The molecule has 0 aliphatic heterocycles. The topological polar surface area (TPSA) is 29.1 Å². The summed E-state index contributed by atoms with van der Waals surface area (Å²) >= 11 is 5.59. The van der Waals surface area contributed by atoms with Crippen LogP contribution in [-0.2, 0) is 4.79 Å². The summed E-state index contributed by atoms with van der Waals surface area (Å²) in [6, 6.07) is 0. The molecule has 0 saturated carbocycles. The zero-order chi connectivity index (χ0) is 8.15. The van der Waals surface area contributed by atoms with Crippen LogP contribution in [0.3, 0.4) is 0 Å². The first-order valence-corrected chi connectivity index (χ1v) is 3.22. The average Bonchev–Trinajstić information content (AvgIpc) is 2.00. The van der Waals surface area contributed by atoms with Crippen molar-refractivity contribution in [2.75, 3.05) is 7.05 Å². The SMILES string of the molecule is C=C/C(Cl)=C(\C)C(=O)NC. The van der Waals surface area contributed by atoms with Crippen molar-refractivity contribution < 1.29 is 4.79 Å². The van der Waals surface area contributed by atoms with Gasteiger partial charge in [-0.3, -0.25) is 4.79 Å². The predicted molar refractivity (Wildman–Crippen MR) is 42.8 cm³/mol. The summed E-state index contributed by atoms with van der Waals surface area (Å²) in [7, 11) is 1.55. The van der Waals surface area contributed by atoms with Crippen molar-refractivity contribution in [3.8, 4) is 0 Å². The minimum absolute atomic E-state index is 0.176. The smallest absolute Gasteiger partial charge is 0.248 e. The van der Waals surface area contributed by atoms with Gasteiger partial charge in [0.2, 0.25) is 5.91 Å². The number of amides is 1. The first-order chi connectivity index (χ1) is 4.63. The van der Waals surface area contributed by atoms with Gasteiger partial charge in [0.25, 0.3) is 0 Å². The van der Waals surface area contributed by atoms with Crippen molar-refractivity contribution in [1.82, 2.24) is 5.32 Å². The number of rotatable bonds is 2. The third-order valence-electron chi connectivity index (χ3n) is 1.11. The third-order valence-corrected chi connectivity index (χ3v) is 1.54. The van der Waals surface area contributed by atoms with Crippen molar-refractivity contribution in [3.05, 3.63) is 23.3 Å². The lowest BCUT2D eigenvalue weighted by atomic mass is 10.2. The molecule has 0 fully saturated rings. The van der Waals surface area contributed by atoms with Gasteiger partial charge in [-0.25, -0.2) is 0 Å². The number of allylic oxidation sites excluding steroid dienone is 2. The van der Waals surface area contributed by atoms with Crippen LogP contribution in [0.1, 0.15) is 6.92 Å². The molecule has 0 bridgehead atoms. The summed E-state index contributed by atoms with van der Waals surface area (Å²) in [4.78, 5) is 10.8. The number of hydrogen-bond acceptors (Lipinski definition) is 1. The van der Waals surface area contributed by atoms with Gasteiger partial charge in [-0.2, -0.15) is 0 Å². The van der Waals surface area contributed by atoms with Crippen LogP contribution in [0.15, 0.2) is 23.3 Å². The maximum atomic E-state index is 10.8. The van der Waals surface area contributed by atoms with Crippen LogP contribution in [0.25, 0.3) is 0 Å². The molecule has 0 heterocycles. The second-order valence-corrected chi connectivity index (χ2v) is 2.16. The largest absolute Gasteiger partial charge is 0.355 e. The Balaban J connectivity index is 4.45. The summed E-state index contributed by atoms with van der Waals surface area (Å²) in [6.45, 7) is 5.07. The molecule has 56 valence electrons. The highest BCUT2D eigenvalue weighted by molar-refractivity contribution is 6.33. The van der Waals surface area contributed by atoms with Crippen LogP contribution in [0, 0.1) is 0 Å². The minimum atomic E-state index is -0.176. The molecule has 1 N–H and O–H groups in total. The molecule has 3 heteroatoms. The quantitative estimate of drug-likeness (QED) is 0.480. The zero-order valence-electron chi connectivity index (χ0n) is 6.07. The fraction of sp³-hybridized carbons (Fsp3) is 0.286. The molecule has 0 atom stereocenters. The summed E-state index contributed by atoms with van der Waals surface area (Å²) in [5, 5.41) is 2.84. The maximum absolute atomic E-state index is 10.8. The number of hydrogen-bond donors (Lipinski definition) is 1. The third kappa shape index (κ3) is 2.23. The van der Waals surface area contributed by atoms with E-state index >= 15 is 0 Å². The lowest BCUT2D eigenvalue weighted by molar-refractivity contribution is -0.117. The molecule has 0 spiro atoms. The van der Waals surface area contributed by atoms with Gasteiger partial charge < -0.3 is 5.32 Å². The number of carbonyl (C=O) groups is 1. The van der Waals surface area contributed by atoms with E-state index in [1.807, 2.05) is 0 Å². The van der Waals surface area contributed by atoms with Gasteiger partial charge in [0.05, 0.1) is 0 Å². The predicted octanol–water partition coefficient (Wildman–Crippen LogP) is 1.43. The highest BCUT2D eigenvalue weighted by atomic mass is 35.5. The summed E-state index contributed by atoms with van der Waals surface area (Å²) in [5.74, 6) is -0.176.